The average molecular weight is 365 g/mol. The van der Waals surface area contributed by atoms with E-state index < -0.39 is 10.0 Å². The largest absolute Gasteiger partial charge is 0.240 e. The van der Waals surface area contributed by atoms with Crippen LogP contribution in [0, 0.1) is 6.92 Å². The number of hydrogen-bond acceptors (Lipinski definition) is 2. The summed E-state index contributed by atoms with van der Waals surface area (Å²) in [5.41, 5.74) is 2.17. The van der Waals surface area contributed by atoms with Crippen molar-refractivity contribution in [2.45, 2.75) is 25.7 Å². The van der Waals surface area contributed by atoms with E-state index in [1.54, 1.807) is 24.3 Å². The van der Waals surface area contributed by atoms with E-state index in [4.69, 9.17) is 0 Å². The first-order chi connectivity index (χ1) is 7.83. The lowest BCUT2D eigenvalue weighted by molar-refractivity contribution is 0.585. The van der Waals surface area contributed by atoms with Crippen LogP contribution in [0.25, 0.3) is 0 Å². The Morgan fingerprint density at radius 3 is 2.24 bits per heavy atom. The standard InChI is InChI=1S/C12H16INO2S/c1-9(2)12(13)8-14-17(15,16)11-6-4-10(3)5-7-11/h4-7,14H,8H2,1-3H3. The maximum atomic E-state index is 11.9. The van der Waals surface area contributed by atoms with E-state index >= 15 is 0 Å². The Labute approximate surface area is 117 Å². The molecule has 0 spiro atoms. The SMILES string of the molecule is CC(C)=C(I)CNS(=O)(=O)c1ccc(C)cc1. The molecule has 1 rings (SSSR count). The van der Waals surface area contributed by atoms with Crippen molar-refractivity contribution in [3.05, 3.63) is 39.0 Å². The van der Waals surface area contributed by atoms with Gasteiger partial charge in [0.2, 0.25) is 10.0 Å². The van der Waals surface area contributed by atoms with Gasteiger partial charge in [-0.3, -0.25) is 0 Å². The van der Waals surface area contributed by atoms with Crippen LogP contribution in [-0.4, -0.2) is 15.0 Å². The first-order valence-corrected chi connectivity index (χ1v) is 7.77. The van der Waals surface area contributed by atoms with Gasteiger partial charge in [-0.05, 0) is 55.5 Å². The second-order valence-corrected chi connectivity index (χ2v) is 7.11. The zero-order valence-electron chi connectivity index (χ0n) is 10.1. The minimum absolute atomic E-state index is 0.307. The summed E-state index contributed by atoms with van der Waals surface area (Å²) in [6, 6.07) is 6.82. The molecule has 3 nitrogen and oxygen atoms in total. The lowest BCUT2D eigenvalue weighted by Gasteiger charge is -2.07. The van der Waals surface area contributed by atoms with Crippen molar-refractivity contribution in [3.8, 4) is 0 Å². The summed E-state index contributed by atoms with van der Waals surface area (Å²) in [6.45, 7) is 6.19. The third-order valence-corrected chi connectivity index (χ3v) is 5.17. The smallest absolute Gasteiger partial charge is 0.207 e. The Morgan fingerprint density at radius 2 is 1.76 bits per heavy atom. The number of hydrogen-bond donors (Lipinski definition) is 1. The molecule has 17 heavy (non-hydrogen) atoms. The van der Waals surface area contributed by atoms with E-state index in [-0.39, 0.29) is 0 Å². The summed E-state index contributed by atoms with van der Waals surface area (Å²) >= 11 is 2.15. The molecule has 0 aromatic heterocycles. The van der Waals surface area contributed by atoms with Crippen LogP contribution in [0.5, 0.6) is 0 Å². The minimum Gasteiger partial charge on any atom is -0.207 e. The zero-order chi connectivity index (χ0) is 13.1. The summed E-state index contributed by atoms with van der Waals surface area (Å²) < 4.78 is 27.5. The van der Waals surface area contributed by atoms with Crippen LogP contribution in [0.1, 0.15) is 19.4 Å². The molecule has 0 saturated carbocycles. The van der Waals surface area contributed by atoms with Crippen molar-refractivity contribution in [3.63, 3.8) is 0 Å². The second-order valence-electron chi connectivity index (χ2n) is 4.04. The predicted molar refractivity (Wildman–Crippen MR) is 78.8 cm³/mol. The molecule has 94 valence electrons. The van der Waals surface area contributed by atoms with Crippen LogP contribution >= 0.6 is 22.6 Å². The van der Waals surface area contributed by atoms with Gasteiger partial charge < -0.3 is 0 Å². The zero-order valence-corrected chi connectivity index (χ0v) is 13.1. The maximum absolute atomic E-state index is 11.9. The van der Waals surface area contributed by atoms with Crippen LogP contribution in [0.2, 0.25) is 0 Å². The van der Waals surface area contributed by atoms with E-state index in [1.807, 2.05) is 20.8 Å². The molecule has 0 radical (unpaired) electrons. The molecular formula is C12H16INO2S. The van der Waals surface area contributed by atoms with Crippen molar-refractivity contribution < 1.29 is 8.42 Å². The first kappa shape index (κ1) is 14.7. The molecule has 0 aliphatic heterocycles. The van der Waals surface area contributed by atoms with Gasteiger partial charge in [0, 0.05) is 10.1 Å². The molecular weight excluding hydrogens is 349 g/mol. The fourth-order valence-electron chi connectivity index (χ4n) is 1.14. The fourth-order valence-corrected chi connectivity index (χ4v) is 2.58. The van der Waals surface area contributed by atoms with Crippen LogP contribution < -0.4 is 4.72 Å². The van der Waals surface area contributed by atoms with Crippen molar-refractivity contribution in [2.24, 2.45) is 0 Å². The maximum Gasteiger partial charge on any atom is 0.240 e. The molecule has 0 fully saturated rings. The topological polar surface area (TPSA) is 46.2 Å². The average Bonchev–Trinajstić information content (AvgIpc) is 2.26. The molecule has 0 heterocycles. The Balaban J connectivity index is 2.83. The van der Waals surface area contributed by atoms with E-state index in [0.717, 1.165) is 14.7 Å². The lowest BCUT2D eigenvalue weighted by atomic mass is 10.2. The highest BCUT2D eigenvalue weighted by molar-refractivity contribution is 14.1. The van der Waals surface area contributed by atoms with E-state index in [2.05, 4.69) is 27.3 Å². The fraction of sp³-hybridized carbons (Fsp3) is 0.333. The van der Waals surface area contributed by atoms with Gasteiger partial charge in [-0.25, -0.2) is 13.1 Å². The monoisotopic (exact) mass is 365 g/mol. The predicted octanol–water partition coefficient (Wildman–Crippen LogP) is 3.00. The van der Waals surface area contributed by atoms with Gasteiger partial charge in [0.15, 0.2) is 0 Å². The molecule has 1 aromatic carbocycles. The van der Waals surface area contributed by atoms with Gasteiger partial charge in [-0.15, -0.1) is 0 Å². The third kappa shape index (κ3) is 4.40. The van der Waals surface area contributed by atoms with Crippen molar-refractivity contribution in [1.82, 2.24) is 4.72 Å². The Kier molecular flexibility index (Phi) is 5.15. The first-order valence-electron chi connectivity index (χ1n) is 5.21. The van der Waals surface area contributed by atoms with E-state index in [9.17, 15) is 8.42 Å². The van der Waals surface area contributed by atoms with Gasteiger partial charge in [-0.2, -0.15) is 0 Å². The molecule has 0 aliphatic rings. The lowest BCUT2D eigenvalue weighted by Crippen LogP contribution is -2.25. The number of aryl methyl sites for hydroxylation is 1. The molecule has 0 saturated heterocycles. The summed E-state index contributed by atoms with van der Waals surface area (Å²) in [5.74, 6) is 0. The summed E-state index contributed by atoms with van der Waals surface area (Å²) in [5, 5.41) is 0. The number of halogens is 1. The van der Waals surface area contributed by atoms with E-state index in [1.165, 1.54) is 0 Å². The number of sulfonamides is 1. The normalized spacial score (nSPS) is 11.3. The van der Waals surface area contributed by atoms with Crippen LogP contribution in [0.3, 0.4) is 0 Å². The van der Waals surface area contributed by atoms with Gasteiger partial charge in [0.05, 0.1) is 4.90 Å². The second kappa shape index (κ2) is 5.97. The molecule has 0 unspecified atom stereocenters. The van der Waals surface area contributed by atoms with E-state index in [0.29, 0.717) is 11.4 Å². The molecule has 1 N–H and O–H groups in total. The van der Waals surface area contributed by atoms with Crippen molar-refractivity contribution in [1.29, 1.82) is 0 Å². The highest BCUT2D eigenvalue weighted by Crippen LogP contribution is 2.13. The number of benzene rings is 1. The molecule has 0 amide bonds. The number of nitrogens with one attached hydrogen (secondary N) is 1. The Bertz CT molecular complexity index is 514. The quantitative estimate of drug-likeness (QED) is 0.834. The number of rotatable bonds is 4. The van der Waals surface area contributed by atoms with Gasteiger partial charge in [-0.1, -0.05) is 23.3 Å². The van der Waals surface area contributed by atoms with Crippen molar-refractivity contribution >= 4 is 32.6 Å². The molecule has 0 bridgehead atoms. The molecule has 0 aliphatic carbocycles. The van der Waals surface area contributed by atoms with Crippen LogP contribution in [0.4, 0.5) is 0 Å². The molecule has 1 aromatic rings. The van der Waals surface area contributed by atoms with Crippen LogP contribution in [0.15, 0.2) is 38.3 Å². The summed E-state index contributed by atoms with van der Waals surface area (Å²) in [4.78, 5) is 0.307. The molecule has 5 heteroatoms. The summed E-state index contributed by atoms with van der Waals surface area (Å²) in [7, 11) is -3.39. The Morgan fingerprint density at radius 1 is 1.24 bits per heavy atom. The minimum atomic E-state index is -3.39. The molecule has 0 atom stereocenters. The van der Waals surface area contributed by atoms with Gasteiger partial charge in [0.25, 0.3) is 0 Å². The van der Waals surface area contributed by atoms with Crippen LogP contribution in [-0.2, 0) is 10.0 Å². The summed E-state index contributed by atoms with van der Waals surface area (Å²) in [6.07, 6.45) is 0. The highest BCUT2D eigenvalue weighted by Gasteiger charge is 2.13. The Hall–Kier alpha value is -0.400. The third-order valence-electron chi connectivity index (χ3n) is 2.29. The van der Waals surface area contributed by atoms with Gasteiger partial charge >= 0.3 is 0 Å². The van der Waals surface area contributed by atoms with Gasteiger partial charge in [0.1, 0.15) is 0 Å². The number of allylic oxidation sites excluding steroid dienone is 1. The van der Waals surface area contributed by atoms with Crippen molar-refractivity contribution in [2.75, 3.05) is 6.54 Å². The highest BCUT2D eigenvalue weighted by atomic mass is 127.